The zero-order valence-electron chi connectivity index (χ0n) is 19.5. The molecule has 3 aromatic heterocycles. The molecule has 2 aromatic carbocycles. The smallest absolute Gasteiger partial charge is 0.246 e. The second kappa shape index (κ2) is 7.94. The number of hydrogen-bond acceptors (Lipinski definition) is 6. The van der Waals surface area contributed by atoms with Gasteiger partial charge in [-0.25, -0.2) is 14.4 Å². The second-order valence-electron chi connectivity index (χ2n) is 9.11. The van der Waals surface area contributed by atoms with Crippen LogP contribution in [0, 0.1) is 12.7 Å². The quantitative estimate of drug-likeness (QED) is 0.300. The number of rotatable bonds is 5. The number of Topliss-reactive ketones (excluding diaryl/α,β-unsaturated/α-hetero) is 1. The predicted molar refractivity (Wildman–Crippen MR) is 129 cm³/mol. The van der Waals surface area contributed by atoms with Crippen molar-refractivity contribution < 1.29 is 13.6 Å². The number of benzene rings is 2. The second-order valence-corrected chi connectivity index (χ2v) is 9.11. The lowest BCUT2D eigenvalue weighted by atomic mass is 9.97. The third kappa shape index (κ3) is 3.80. The number of halogens is 1. The van der Waals surface area contributed by atoms with Crippen LogP contribution in [0.4, 0.5) is 4.39 Å². The first kappa shape index (κ1) is 21.3. The Morgan fingerprint density at radius 1 is 1.09 bits per heavy atom. The van der Waals surface area contributed by atoms with Crippen LogP contribution in [0.15, 0.2) is 53.2 Å². The molecule has 8 heteroatoms. The normalized spacial score (nSPS) is 13.5. The fourth-order valence-corrected chi connectivity index (χ4v) is 4.40. The zero-order valence-corrected chi connectivity index (χ0v) is 19.5. The molecule has 0 atom stereocenters. The van der Waals surface area contributed by atoms with Crippen LogP contribution in [0.25, 0.3) is 45.2 Å². The van der Waals surface area contributed by atoms with Crippen molar-refractivity contribution in [3.63, 3.8) is 0 Å². The molecule has 0 saturated heterocycles. The summed E-state index contributed by atoms with van der Waals surface area (Å²) in [6, 6.07) is 12.2. The lowest BCUT2D eigenvalue weighted by Gasteiger charge is -2.12. The van der Waals surface area contributed by atoms with E-state index in [-0.39, 0.29) is 11.6 Å². The average Bonchev–Trinajstić information content (AvgIpc) is 3.45. The molecule has 3 heterocycles. The van der Waals surface area contributed by atoms with Gasteiger partial charge < -0.3 is 8.98 Å². The van der Waals surface area contributed by atoms with Crippen LogP contribution >= 0.6 is 0 Å². The van der Waals surface area contributed by atoms with E-state index < -0.39 is 0 Å². The first-order chi connectivity index (χ1) is 16.9. The Balaban J connectivity index is 1.54. The van der Waals surface area contributed by atoms with Crippen LogP contribution in [0.5, 0.6) is 0 Å². The third-order valence-electron chi connectivity index (χ3n) is 6.39. The van der Waals surface area contributed by atoms with Gasteiger partial charge in [-0.1, -0.05) is 6.07 Å². The van der Waals surface area contributed by atoms with Crippen LogP contribution < -0.4 is 0 Å². The summed E-state index contributed by atoms with van der Waals surface area (Å²) in [5.74, 6) is 0.959. The van der Waals surface area contributed by atoms with E-state index in [4.69, 9.17) is 9.40 Å². The first-order valence-electron chi connectivity index (χ1n) is 11.5. The number of ketones is 1. The highest BCUT2D eigenvalue weighted by molar-refractivity contribution is 5.98. The van der Waals surface area contributed by atoms with Gasteiger partial charge in [-0.15, -0.1) is 10.2 Å². The van der Waals surface area contributed by atoms with Crippen molar-refractivity contribution in [2.24, 2.45) is 7.05 Å². The number of hydrogen-bond donors (Lipinski definition) is 0. The molecule has 0 unspecified atom stereocenters. The highest BCUT2D eigenvalue weighted by atomic mass is 19.1. The number of carbonyl (C=O) groups excluding carboxylic acids is 1. The molecule has 0 spiro atoms. The number of carbonyl (C=O) groups is 1. The van der Waals surface area contributed by atoms with Crippen LogP contribution in [0.3, 0.4) is 0 Å². The fourth-order valence-electron chi connectivity index (χ4n) is 4.40. The van der Waals surface area contributed by atoms with Crippen molar-refractivity contribution in [3.8, 4) is 34.1 Å². The lowest BCUT2D eigenvalue weighted by molar-refractivity contribution is 0.101. The summed E-state index contributed by atoms with van der Waals surface area (Å²) >= 11 is 0. The molecule has 0 radical (unpaired) electrons. The number of oxazole rings is 1. The van der Waals surface area contributed by atoms with Gasteiger partial charge >= 0.3 is 0 Å². The van der Waals surface area contributed by atoms with E-state index in [1.165, 1.54) is 19.1 Å². The molecule has 0 N–H and O–H groups in total. The van der Waals surface area contributed by atoms with Gasteiger partial charge in [0.1, 0.15) is 23.4 Å². The number of fused-ring (bicyclic) bond motifs is 1. The Kier molecular flexibility index (Phi) is 4.84. The van der Waals surface area contributed by atoms with Crippen molar-refractivity contribution in [2.75, 3.05) is 0 Å². The number of nitrogens with zero attached hydrogens (tertiary/aromatic N) is 5. The van der Waals surface area contributed by atoms with E-state index in [0.29, 0.717) is 45.6 Å². The number of aromatic nitrogens is 5. The summed E-state index contributed by atoms with van der Waals surface area (Å²) < 4.78 is 22.2. The molecule has 0 bridgehead atoms. The SMILES string of the molecule is CC(=O)c1cc(C)c2oc(-c3cc(-c4ccc(F)cc4-c4nncn4C)cc(C4CC4)n3)nc2c1. The lowest BCUT2D eigenvalue weighted by Crippen LogP contribution is -1.97. The van der Waals surface area contributed by atoms with E-state index in [2.05, 4.69) is 21.2 Å². The highest BCUT2D eigenvalue weighted by Crippen LogP contribution is 2.42. The molecule has 0 amide bonds. The van der Waals surface area contributed by atoms with E-state index in [0.717, 1.165) is 35.2 Å². The van der Waals surface area contributed by atoms with Crippen molar-refractivity contribution in [3.05, 3.63) is 71.4 Å². The van der Waals surface area contributed by atoms with E-state index >= 15 is 0 Å². The zero-order chi connectivity index (χ0) is 24.3. The molecule has 0 aliphatic heterocycles. The first-order valence-corrected chi connectivity index (χ1v) is 11.5. The van der Waals surface area contributed by atoms with Crippen molar-refractivity contribution >= 4 is 16.9 Å². The van der Waals surface area contributed by atoms with E-state index in [9.17, 15) is 9.18 Å². The van der Waals surface area contributed by atoms with Gasteiger partial charge in [-0.3, -0.25) is 4.79 Å². The van der Waals surface area contributed by atoms with Crippen LogP contribution in [0.2, 0.25) is 0 Å². The largest absolute Gasteiger partial charge is 0.434 e. The summed E-state index contributed by atoms with van der Waals surface area (Å²) in [6.07, 6.45) is 3.74. The molecule has 1 aliphatic carbocycles. The van der Waals surface area contributed by atoms with Gasteiger partial charge in [0, 0.05) is 29.8 Å². The third-order valence-corrected chi connectivity index (χ3v) is 6.39. The minimum Gasteiger partial charge on any atom is -0.434 e. The summed E-state index contributed by atoms with van der Waals surface area (Å²) in [4.78, 5) is 21.5. The summed E-state index contributed by atoms with van der Waals surface area (Å²) in [5.41, 5.74) is 6.56. The van der Waals surface area contributed by atoms with Gasteiger partial charge in [-0.2, -0.15) is 0 Å². The molecule has 6 rings (SSSR count). The molecule has 7 nitrogen and oxygen atoms in total. The Hall–Kier alpha value is -4.20. The maximum absolute atomic E-state index is 14.3. The highest BCUT2D eigenvalue weighted by Gasteiger charge is 2.27. The Labute approximate surface area is 200 Å². The predicted octanol–water partition coefficient (Wildman–Crippen LogP) is 5.88. The van der Waals surface area contributed by atoms with Gasteiger partial charge in [-0.05, 0) is 79.8 Å². The number of aryl methyl sites for hydroxylation is 2. The van der Waals surface area contributed by atoms with E-state index in [1.54, 1.807) is 23.0 Å². The molecule has 35 heavy (non-hydrogen) atoms. The van der Waals surface area contributed by atoms with Crippen molar-refractivity contribution in [2.45, 2.75) is 32.6 Å². The summed E-state index contributed by atoms with van der Waals surface area (Å²) in [7, 11) is 1.83. The van der Waals surface area contributed by atoms with Gasteiger partial charge in [0.2, 0.25) is 5.89 Å². The van der Waals surface area contributed by atoms with Gasteiger partial charge in [0.15, 0.2) is 17.2 Å². The van der Waals surface area contributed by atoms with Crippen molar-refractivity contribution in [1.82, 2.24) is 24.7 Å². The van der Waals surface area contributed by atoms with Crippen LogP contribution in [-0.2, 0) is 7.05 Å². The van der Waals surface area contributed by atoms with Crippen molar-refractivity contribution in [1.29, 1.82) is 0 Å². The molecule has 1 saturated carbocycles. The van der Waals surface area contributed by atoms with Gasteiger partial charge in [0.05, 0.1) is 0 Å². The molecule has 1 aliphatic rings. The Morgan fingerprint density at radius 3 is 2.63 bits per heavy atom. The Bertz CT molecular complexity index is 1630. The summed E-state index contributed by atoms with van der Waals surface area (Å²) in [6.45, 7) is 3.43. The molecule has 174 valence electrons. The monoisotopic (exact) mass is 467 g/mol. The molecular formula is C27H22FN5O2. The molecule has 1 fully saturated rings. The molecule has 5 aromatic rings. The fraction of sp³-hybridized carbons (Fsp3) is 0.222. The maximum atomic E-state index is 14.3. The maximum Gasteiger partial charge on any atom is 0.246 e. The minimum absolute atomic E-state index is 0.0247. The molecular weight excluding hydrogens is 445 g/mol. The summed E-state index contributed by atoms with van der Waals surface area (Å²) in [5, 5.41) is 8.16. The Morgan fingerprint density at radius 2 is 1.91 bits per heavy atom. The topological polar surface area (TPSA) is 86.7 Å². The van der Waals surface area contributed by atoms with E-state index in [1.807, 2.05) is 26.1 Å². The minimum atomic E-state index is -0.348. The standard InChI is InChI=1S/C27H22FN5O2/c1-14-8-17(15(2)34)9-23-25(14)35-27(31-23)24-11-18(10-22(30-24)16-4-5-16)20-7-6-19(28)12-21(20)26-32-29-13-33(26)3/h6-13,16H,4-5H2,1-3H3. The van der Waals surface area contributed by atoms with Crippen LogP contribution in [0.1, 0.15) is 47.3 Å². The average molecular weight is 468 g/mol. The number of pyridine rings is 1. The van der Waals surface area contributed by atoms with Gasteiger partial charge in [0.25, 0.3) is 0 Å². The van der Waals surface area contributed by atoms with Crippen LogP contribution in [-0.4, -0.2) is 30.5 Å².